The first kappa shape index (κ1) is 8.76. The molecule has 1 nitrogen and oxygen atoms in total. The molecule has 1 saturated carbocycles. The van der Waals surface area contributed by atoms with Crippen LogP contribution >= 0.6 is 0 Å². The van der Waals surface area contributed by atoms with Gasteiger partial charge in [0, 0.05) is 6.61 Å². The van der Waals surface area contributed by atoms with Crippen LogP contribution in [0.4, 0.5) is 0 Å². The van der Waals surface area contributed by atoms with Crippen LogP contribution in [0.3, 0.4) is 0 Å². The molecule has 1 aromatic carbocycles. The molecule has 1 fully saturated rings. The summed E-state index contributed by atoms with van der Waals surface area (Å²) in [6.45, 7) is 5.04. The summed E-state index contributed by atoms with van der Waals surface area (Å²) in [5, 5.41) is 0. The molecule has 0 bridgehead atoms. The van der Waals surface area contributed by atoms with E-state index in [-0.39, 0.29) is 5.60 Å². The normalized spacial score (nSPS) is 18.6. The Kier molecular flexibility index (Phi) is 2.12. The minimum atomic E-state index is 0.0834. The number of ether oxygens (including phenoxy) is 1. The van der Waals surface area contributed by atoms with Crippen molar-refractivity contribution in [3.8, 4) is 0 Å². The Morgan fingerprint density at radius 2 is 2.00 bits per heavy atom. The molecule has 1 aliphatic carbocycles. The molecule has 0 spiro atoms. The van der Waals surface area contributed by atoms with Gasteiger partial charge in [0.15, 0.2) is 0 Å². The minimum absolute atomic E-state index is 0.0834. The van der Waals surface area contributed by atoms with Crippen LogP contribution in [-0.4, -0.2) is 6.61 Å². The topological polar surface area (TPSA) is 9.23 Å². The maximum atomic E-state index is 5.81. The van der Waals surface area contributed by atoms with Gasteiger partial charge in [-0.15, -0.1) is 0 Å². The first-order valence-electron chi connectivity index (χ1n) is 4.98. The smallest absolute Gasteiger partial charge is 0.0936 e. The second-order valence-electron chi connectivity index (χ2n) is 3.74. The molecule has 0 unspecified atom stereocenters. The van der Waals surface area contributed by atoms with Crippen LogP contribution in [0.5, 0.6) is 0 Å². The number of hydrogen-bond donors (Lipinski definition) is 0. The molecule has 13 heavy (non-hydrogen) atoms. The van der Waals surface area contributed by atoms with E-state index in [1.54, 1.807) is 0 Å². The summed E-state index contributed by atoms with van der Waals surface area (Å²) in [6.07, 6.45) is 2.37. The van der Waals surface area contributed by atoms with E-state index in [0.717, 1.165) is 6.61 Å². The summed E-state index contributed by atoms with van der Waals surface area (Å²) in [5.74, 6) is 0. The molecule has 0 radical (unpaired) electrons. The maximum Gasteiger partial charge on any atom is 0.0936 e. The average molecular weight is 176 g/mol. The van der Waals surface area contributed by atoms with Crippen LogP contribution in [0, 0.1) is 6.92 Å². The molecule has 0 amide bonds. The van der Waals surface area contributed by atoms with E-state index in [2.05, 4.69) is 38.1 Å². The fraction of sp³-hybridized carbons (Fsp3) is 0.500. The Morgan fingerprint density at radius 3 is 2.54 bits per heavy atom. The number of rotatable bonds is 3. The van der Waals surface area contributed by atoms with Crippen LogP contribution in [0.15, 0.2) is 24.3 Å². The van der Waals surface area contributed by atoms with Crippen molar-refractivity contribution >= 4 is 0 Å². The molecule has 0 saturated heterocycles. The standard InChI is InChI=1S/C12H16O/c1-3-13-12(8-9-12)11-7-5-4-6-10(11)2/h4-7H,3,8-9H2,1-2H3. The highest BCUT2D eigenvalue weighted by molar-refractivity contribution is 5.35. The van der Waals surface area contributed by atoms with Gasteiger partial charge in [-0.1, -0.05) is 24.3 Å². The molecule has 0 heterocycles. The van der Waals surface area contributed by atoms with E-state index in [1.165, 1.54) is 24.0 Å². The van der Waals surface area contributed by atoms with Crippen molar-refractivity contribution < 1.29 is 4.74 Å². The Morgan fingerprint density at radius 1 is 1.31 bits per heavy atom. The van der Waals surface area contributed by atoms with E-state index in [9.17, 15) is 0 Å². The first-order chi connectivity index (χ1) is 6.28. The fourth-order valence-corrected chi connectivity index (χ4v) is 1.97. The van der Waals surface area contributed by atoms with Gasteiger partial charge in [-0.25, -0.2) is 0 Å². The van der Waals surface area contributed by atoms with Gasteiger partial charge >= 0.3 is 0 Å². The monoisotopic (exact) mass is 176 g/mol. The Bertz CT molecular complexity index is 300. The third-order valence-corrected chi connectivity index (χ3v) is 2.76. The molecule has 0 aliphatic heterocycles. The highest BCUT2D eigenvalue weighted by Crippen LogP contribution is 2.50. The van der Waals surface area contributed by atoms with Gasteiger partial charge < -0.3 is 4.74 Å². The lowest BCUT2D eigenvalue weighted by molar-refractivity contribution is 0.0391. The Balaban J connectivity index is 2.30. The third-order valence-electron chi connectivity index (χ3n) is 2.76. The van der Waals surface area contributed by atoms with Crippen LogP contribution in [0.2, 0.25) is 0 Å². The molecule has 1 aromatic rings. The predicted molar refractivity (Wildman–Crippen MR) is 53.7 cm³/mol. The van der Waals surface area contributed by atoms with Gasteiger partial charge in [-0.3, -0.25) is 0 Å². The minimum Gasteiger partial charge on any atom is -0.371 e. The van der Waals surface area contributed by atoms with E-state index in [0.29, 0.717) is 0 Å². The number of aryl methyl sites for hydroxylation is 1. The van der Waals surface area contributed by atoms with Crippen molar-refractivity contribution in [1.82, 2.24) is 0 Å². The molecular weight excluding hydrogens is 160 g/mol. The lowest BCUT2D eigenvalue weighted by Crippen LogP contribution is -2.12. The zero-order valence-corrected chi connectivity index (χ0v) is 8.34. The number of hydrogen-bond acceptors (Lipinski definition) is 1. The maximum absolute atomic E-state index is 5.81. The molecule has 1 heteroatoms. The lowest BCUT2D eigenvalue weighted by atomic mass is 10.0. The van der Waals surface area contributed by atoms with Gasteiger partial charge in [0.1, 0.15) is 0 Å². The van der Waals surface area contributed by atoms with Crippen LogP contribution in [0.25, 0.3) is 0 Å². The third kappa shape index (κ3) is 1.49. The Hall–Kier alpha value is -0.820. The molecule has 1 aliphatic rings. The summed E-state index contributed by atoms with van der Waals surface area (Å²) < 4.78 is 5.81. The zero-order chi connectivity index (χ0) is 9.31. The predicted octanol–water partition coefficient (Wildman–Crippen LogP) is 3.02. The van der Waals surface area contributed by atoms with Crippen molar-refractivity contribution in [3.05, 3.63) is 35.4 Å². The van der Waals surface area contributed by atoms with Crippen molar-refractivity contribution in [2.24, 2.45) is 0 Å². The van der Waals surface area contributed by atoms with Crippen molar-refractivity contribution in [2.75, 3.05) is 6.61 Å². The summed E-state index contributed by atoms with van der Waals surface area (Å²) >= 11 is 0. The molecule has 0 N–H and O–H groups in total. The molecule has 0 atom stereocenters. The second-order valence-corrected chi connectivity index (χ2v) is 3.74. The van der Waals surface area contributed by atoms with Gasteiger partial charge in [0.2, 0.25) is 0 Å². The van der Waals surface area contributed by atoms with Crippen molar-refractivity contribution in [2.45, 2.75) is 32.3 Å². The average Bonchev–Trinajstić information content (AvgIpc) is 2.87. The fourth-order valence-electron chi connectivity index (χ4n) is 1.97. The highest BCUT2D eigenvalue weighted by Gasteiger charge is 2.45. The lowest BCUT2D eigenvalue weighted by Gasteiger charge is -2.17. The van der Waals surface area contributed by atoms with Gasteiger partial charge in [-0.2, -0.15) is 0 Å². The summed E-state index contributed by atoms with van der Waals surface area (Å²) in [5.41, 5.74) is 2.82. The van der Waals surface area contributed by atoms with Crippen LogP contribution in [0.1, 0.15) is 30.9 Å². The van der Waals surface area contributed by atoms with E-state index >= 15 is 0 Å². The van der Waals surface area contributed by atoms with Gasteiger partial charge in [0.25, 0.3) is 0 Å². The SMILES string of the molecule is CCOC1(c2ccccc2C)CC1. The second kappa shape index (κ2) is 3.15. The summed E-state index contributed by atoms with van der Waals surface area (Å²) in [4.78, 5) is 0. The van der Waals surface area contributed by atoms with Crippen LogP contribution in [-0.2, 0) is 10.3 Å². The molecule has 70 valence electrons. The largest absolute Gasteiger partial charge is 0.371 e. The zero-order valence-electron chi connectivity index (χ0n) is 8.34. The molecule has 0 aromatic heterocycles. The van der Waals surface area contributed by atoms with Gasteiger partial charge in [0.05, 0.1) is 5.60 Å². The molecule has 2 rings (SSSR count). The molecular formula is C12H16O. The van der Waals surface area contributed by atoms with E-state index in [1.807, 2.05) is 0 Å². The van der Waals surface area contributed by atoms with E-state index < -0.39 is 0 Å². The number of benzene rings is 1. The Labute approximate surface area is 79.7 Å². The first-order valence-corrected chi connectivity index (χ1v) is 4.98. The van der Waals surface area contributed by atoms with Crippen molar-refractivity contribution in [1.29, 1.82) is 0 Å². The van der Waals surface area contributed by atoms with Gasteiger partial charge in [-0.05, 0) is 37.8 Å². The van der Waals surface area contributed by atoms with E-state index in [4.69, 9.17) is 4.74 Å². The van der Waals surface area contributed by atoms with Crippen molar-refractivity contribution in [3.63, 3.8) is 0 Å². The summed E-state index contributed by atoms with van der Waals surface area (Å²) in [7, 11) is 0. The summed E-state index contributed by atoms with van der Waals surface area (Å²) in [6, 6.07) is 8.54. The quantitative estimate of drug-likeness (QED) is 0.688. The van der Waals surface area contributed by atoms with Crippen LogP contribution < -0.4 is 0 Å². The highest BCUT2D eigenvalue weighted by atomic mass is 16.5.